The zero-order valence-corrected chi connectivity index (χ0v) is 12.0. The van der Waals surface area contributed by atoms with Gasteiger partial charge in [-0.2, -0.15) is 0 Å². The van der Waals surface area contributed by atoms with Crippen molar-refractivity contribution in [2.75, 3.05) is 26.1 Å². The summed E-state index contributed by atoms with van der Waals surface area (Å²) in [5.74, 6) is 2.34. The monoisotopic (exact) mass is 263 g/mol. The molecule has 2 rings (SSSR count). The number of rotatable bonds is 6. The first-order valence-electron chi connectivity index (χ1n) is 6.61. The SMILES string of the molecule is CCCn1c(NCC)nc2cc(OC)c(OC)cc21. The topological polar surface area (TPSA) is 48.3 Å². The number of hydrogen-bond acceptors (Lipinski definition) is 4. The van der Waals surface area contributed by atoms with Crippen LogP contribution < -0.4 is 14.8 Å². The average molecular weight is 263 g/mol. The summed E-state index contributed by atoms with van der Waals surface area (Å²) in [7, 11) is 3.29. The Hall–Kier alpha value is -1.91. The third-order valence-electron chi connectivity index (χ3n) is 3.04. The lowest BCUT2D eigenvalue weighted by atomic mass is 10.2. The molecule has 0 atom stereocenters. The molecule has 0 amide bonds. The lowest BCUT2D eigenvalue weighted by molar-refractivity contribution is 0.355. The summed E-state index contributed by atoms with van der Waals surface area (Å²) in [6.45, 7) is 5.99. The van der Waals surface area contributed by atoms with Crippen molar-refractivity contribution >= 4 is 17.0 Å². The predicted octanol–water partition coefficient (Wildman–Crippen LogP) is 2.90. The molecule has 0 fully saturated rings. The van der Waals surface area contributed by atoms with E-state index in [4.69, 9.17) is 9.47 Å². The first-order valence-corrected chi connectivity index (χ1v) is 6.61. The largest absolute Gasteiger partial charge is 0.493 e. The van der Waals surface area contributed by atoms with Gasteiger partial charge in [0, 0.05) is 25.2 Å². The minimum Gasteiger partial charge on any atom is -0.493 e. The third kappa shape index (κ3) is 2.45. The minimum absolute atomic E-state index is 0.708. The van der Waals surface area contributed by atoms with Crippen LogP contribution in [0.1, 0.15) is 20.3 Å². The number of nitrogens with one attached hydrogen (secondary N) is 1. The Balaban J connectivity index is 2.62. The normalized spacial score (nSPS) is 10.7. The summed E-state index contributed by atoms with van der Waals surface area (Å²) >= 11 is 0. The fourth-order valence-electron chi connectivity index (χ4n) is 2.19. The van der Waals surface area contributed by atoms with E-state index >= 15 is 0 Å². The molecular formula is C14H21N3O2. The van der Waals surface area contributed by atoms with Gasteiger partial charge in [0.25, 0.3) is 0 Å². The summed E-state index contributed by atoms with van der Waals surface area (Å²) in [6.07, 6.45) is 1.05. The molecule has 5 heteroatoms. The van der Waals surface area contributed by atoms with Crippen LogP contribution in [0.4, 0.5) is 5.95 Å². The number of imidazole rings is 1. The Morgan fingerprint density at radius 1 is 1.16 bits per heavy atom. The van der Waals surface area contributed by atoms with Gasteiger partial charge < -0.3 is 19.4 Å². The molecule has 0 aliphatic carbocycles. The van der Waals surface area contributed by atoms with Crippen LogP contribution >= 0.6 is 0 Å². The van der Waals surface area contributed by atoms with Crippen LogP contribution in [0.3, 0.4) is 0 Å². The highest BCUT2D eigenvalue weighted by Crippen LogP contribution is 2.33. The maximum absolute atomic E-state index is 5.36. The van der Waals surface area contributed by atoms with E-state index in [-0.39, 0.29) is 0 Å². The summed E-state index contributed by atoms with van der Waals surface area (Å²) in [4.78, 5) is 4.62. The van der Waals surface area contributed by atoms with Crippen LogP contribution in [0, 0.1) is 0 Å². The van der Waals surface area contributed by atoms with Crippen molar-refractivity contribution in [3.05, 3.63) is 12.1 Å². The predicted molar refractivity (Wildman–Crippen MR) is 77.3 cm³/mol. The van der Waals surface area contributed by atoms with E-state index in [2.05, 4.69) is 28.7 Å². The first kappa shape index (κ1) is 13.5. The summed E-state index contributed by atoms with van der Waals surface area (Å²) in [5.41, 5.74) is 1.98. The highest BCUT2D eigenvalue weighted by molar-refractivity contribution is 5.82. The van der Waals surface area contributed by atoms with E-state index in [1.165, 1.54) is 0 Å². The molecule has 104 valence electrons. The number of anilines is 1. The molecule has 1 aromatic carbocycles. The smallest absolute Gasteiger partial charge is 0.203 e. The van der Waals surface area contributed by atoms with Gasteiger partial charge in [-0.1, -0.05) is 6.92 Å². The fourth-order valence-corrected chi connectivity index (χ4v) is 2.19. The minimum atomic E-state index is 0.708. The second-order valence-electron chi connectivity index (χ2n) is 4.31. The second kappa shape index (κ2) is 5.82. The Kier molecular flexibility index (Phi) is 4.14. The number of fused-ring (bicyclic) bond motifs is 1. The van der Waals surface area contributed by atoms with Crippen molar-refractivity contribution in [2.45, 2.75) is 26.8 Å². The molecule has 0 bridgehead atoms. The third-order valence-corrected chi connectivity index (χ3v) is 3.04. The molecule has 0 unspecified atom stereocenters. The molecule has 0 spiro atoms. The zero-order valence-electron chi connectivity index (χ0n) is 12.0. The fraction of sp³-hybridized carbons (Fsp3) is 0.500. The quantitative estimate of drug-likeness (QED) is 0.870. The van der Waals surface area contributed by atoms with E-state index in [1.54, 1.807) is 14.2 Å². The van der Waals surface area contributed by atoms with Crippen LogP contribution in [-0.4, -0.2) is 30.3 Å². The van der Waals surface area contributed by atoms with Gasteiger partial charge in [-0.3, -0.25) is 0 Å². The van der Waals surface area contributed by atoms with Gasteiger partial charge in [0.1, 0.15) is 0 Å². The number of benzene rings is 1. The van der Waals surface area contributed by atoms with Gasteiger partial charge in [-0.15, -0.1) is 0 Å². The Morgan fingerprint density at radius 2 is 1.84 bits per heavy atom. The van der Waals surface area contributed by atoms with Gasteiger partial charge in [-0.05, 0) is 13.3 Å². The number of aryl methyl sites for hydroxylation is 1. The van der Waals surface area contributed by atoms with E-state index in [0.29, 0.717) is 5.75 Å². The van der Waals surface area contributed by atoms with Gasteiger partial charge in [0.05, 0.1) is 25.3 Å². The van der Waals surface area contributed by atoms with Crippen LogP contribution in [0.25, 0.3) is 11.0 Å². The van der Waals surface area contributed by atoms with Crippen molar-refractivity contribution in [1.29, 1.82) is 0 Å². The molecule has 1 aromatic heterocycles. The molecule has 0 radical (unpaired) electrons. The van der Waals surface area contributed by atoms with Crippen molar-refractivity contribution in [1.82, 2.24) is 9.55 Å². The number of aromatic nitrogens is 2. The number of hydrogen-bond donors (Lipinski definition) is 1. The maximum Gasteiger partial charge on any atom is 0.203 e. The number of methoxy groups -OCH3 is 2. The van der Waals surface area contributed by atoms with Crippen LogP contribution in [0.5, 0.6) is 11.5 Å². The van der Waals surface area contributed by atoms with E-state index in [0.717, 1.165) is 42.2 Å². The molecule has 0 saturated carbocycles. The van der Waals surface area contributed by atoms with Crippen LogP contribution in [0.15, 0.2) is 12.1 Å². The van der Waals surface area contributed by atoms with Gasteiger partial charge in [0.2, 0.25) is 5.95 Å². The van der Waals surface area contributed by atoms with Gasteiger partial charge in [0.15, 0.2) is 11.5 Å². The first-order chi connectivity index (χ1) is 9.24. The number of ether oxygens (including phenoxy) is 2. The summed E-state index contributed by atoms with van der Waals surface area (Å²) in [5, 5.41) is 3.30. The van der Waals surface area contributed by atoms with E-state index in [1.807, 2.05) is 12.1 Å². The van der Waals surface area contributed by atoms with Crippen molar-refractivity contribution < 1.29 is 9.47 Å². The molecule has 0 aliphatic rings. The van der Waals surface area contributed by atoms with E-state index in [9.17, 15) is 0 Å². The lowest BCUT2D eigenvalue weighted by Crippen LogP contribution is -2.06. The molecule has 1 heterocycles. The lowest BCUT2D eigenvalue weighted by Gasteiger charge is -2.10. The number of nitrogens with zero attached hydrogens (tertiary/aromatic N) is 2. The summed E-state index contributed by atoms with van der Waals surface area (Å²) < 4.78 is 12.9. The Bertz CT molecular complexity index is 563. The van der Waals surface area contributed by atoms with Crippen LogP contribution in [-0.2, 0) is 6.54 Å². The van der Waals surface area contributed by atoms with E-state index < -0.39 is 0 Å². The molecule has 1 N–H and O–H groups in total. The molecule has 2 aromatic rings. The van der Waals surface area contributed by atoms with Crippen molar-refractivity contribution in [3.8, 4) is 11.5 Å². The molecule has 0 saturated heterocycles. The maximum atomic E-state index is 5.36. The second-order valence-corrected chi connectivity index (χ2v) is 4.31. The zero-order chi connectivity index (χ0) is 13.8. The van der Waals surface area contributed by atoms with Gasteiger partial charge in [-0.25, -0.2) is 4.98 Å². The molecule has 0 aliphatic heterocycles. The van der Waals surface area contributed by atoms with Crippen molar-refractivity contribution in [2.24, 2.45) is 0 Å². The molecule has 19 heavy (non-hydrogen) atoms. The molecular weight excluding hydrogens is 242 g/mol. The molecule has 5 nitrogen and oxygen atoms in total. The van der Waals surface area contributed by atoms with Crippen LogP contribution in [0.2, 0.25) is 0 Å². The van der Waals surface area contributed by atoms with Crippen molar-refractivity contribution in [3.63, 3.8) is 0 Å². The highest BCUT2D eigenvalue weighted by Gasteiger charge is 2.14. The summed E-state index contributed by atoms with van der Waals surface area (Å²) in [6, 6.07) is 3.90. The van der Waals surface area contributed by atoms with Gasteiger partial charge >= 0.3 is 0 Å². The Morgan fingerprint density at radius 3 is 2.42 bits per heavy atom. The standard InChI is InChI=1S/C14H21N3O2/c1-5-7-17-11-9-13(19-4)12(18-3)8-10(11)16-14(17)15-6-2/h8-9H,5-7H2,1-4H3,(H,15,16). The highest BCUT2D eigenvalue weighted by atomic mass is 16.5. The average Bonchev–Trinajstić information content (AvgIpc) is 2.75. The Labute approximate surface area is 113 Å².